The van der Waals surface area contributed by atoms with Crippen LogP contribution >= 0.6 is 0 Å². The third kappa shape index (κ3) is 6.05. The first-order valence-electron chi connectivity index (χ1n) is 8.68. The molecule has 0 amide bonds. The monoisotopic (exact) mass is 402 g/mol. The SMILES string of the molecule is CCC(=O)c1cnc(-c2ccccc2)nc1C(F)(F)OCCCCC(F)(F)F. The van der Waals surface area contributed by atoms with E-state index < -0.39 is 36.8 Å². The maximum absolute atomic E-state index is 14.6. The summed E-state index contributed by atoms with van der Waals surface area (Å²) in [5.41, 5.74) is -0.785. The third-order valence-electron chi connectivity index (χ3n) is 3.86. The van der Waals surface area contributed by atoms with E-state index in [4.69, 9.17) is 0 Å². The highest BCUT2D eigenvalue weighted by Crippen LogP contribution is 2.33. The molecule has 0 N–H and O–H groups in total. The van der Waals surface area contributed by atoms with Crippen molar-refractivity contribution in [1.29, 1.82) is 0 Å². The molecule has 0 fully saturated rings. The van der Waals surface area contributed by atoms with Gasteiger partial charge < -0.3 is 4.74 Å². The summed E-state index contributed by atoms with van der Waals surface area (Å²) in [6.45, 7) is 0.904. The molecule has 1 aromatic heterocycles. The highest BCUT2D eigenvalue weighted by Gasteiger charge is 2.39. The van der Waals surface area contributed by atoms with Crippen LogP contribution in [0, 0.1) is 0 Å². The molecule has 0 saturated heterocycles. The number of ether oxygens (including phenoxy) is 1. The van der Waals surface area contributed by atoms with Gasteiger partial charge in [-0.15, -0.1) is 0 Å². The quantitative estimate of drug-likeness (QED) is 0.314. The predicted octanol–water partition coefficient (Wildman–Crippen LogP) is 5.53. The summed E-state index contributed by atoms with van der Waals surface area (Å²) in [7, 11) is 0. The van der Waals surface area contributed by atoms with Crippen LogP contribution in [0.4, 0.5) is 22.0 Å². The van der Waals surface area contributed by atoms with Gasteiger partial charge >= 0.3 is 12.3 Å². The minimum atomic E-state index is -4.35. The summed E-state index contributed by atoms with van der Waals surface area (Å²) < 4.78 is 70.1. The van der Waals surface area contributed by atoms with Crippen LogP contribution in [0.5, 0.6) is 0 Å². The summed E-state index contributed by atoms with van der Waals surface area (Å²) in [6, 6.07) is 8.34. The van der Waals surface area contributed by atoms with Gasteiger partial charge in [0, 0.05) is 24.6 Å². The molecule has 0 saturated carbocycles. The summed E-state index contributed by atoms with van der Waals surface area (Å²) in [4.78, 5) is 19.8. The number of carbonyl (C=O) groups excluding carboxylic acids is 1. The lowest BCUT2D eigenvalue weighted by molar-refractivity contribution is -0.252. The molecule has 0 spiro atoms. The maximum atomic E-state index is 14.6. The Morgan fingerprint density at radius 3 is 2.36 bits per heavy atom. The van der Waals surface area contributed by atoms with E-state index in [0.29, 0.717) is 5.56 Å². The van der Waals surface area contributed by atoms with E-state index in [1.165, 1.54) is 6.92 Å². The molecule has 4 nitrogen and oxygen atoms in total. The number of Topliss-reactive ketones (excluding diaryl/α,β-unsaturated/α-hetero) is 1. The van der Waals surface area contributed by atoms with Crippen molar-refractivity contribution in [3.63, 3.8) is 0 Å². The lowest BCUT2D eigenvalue weighted by atomic mass is 10.1. The Morgan fingerprint density at radius 2 is 1.75 bits per heavy atom. The van der Waals surface area contributed by atoms with Crippen LogP contribution in [0.3, 0.4) is 0 Å². The van der Waals surface area contributed by atoms with E-state index in [0.717, 1.165) is 6.20 Å². The maximum Gasteiger partial charge on any atom is 0.400 e. The molecule has 0 atom stereocenters. The largest absolute Gasteiger partial charge is 0.400 e. The van der Waals surface area contributed by atoms with Crippen LogP contribution in [0.25, 0.3) is 11.4 Å². The average Bonchev–Trinajstić information content (AvgIpc) is 2.66. The van der Waals surface area contributed by atoms with Gasteiger partial charge in [0.25, 0.3) is 0 Å². The molecule has 0 aliphatic rings. The number of carbonyl (C=O) groups is 1. The van der Waals surface area contributed by atoms with Gasteiger partial charge in [-0.3, -0.25) is 4.79 Å². The zero-order valence-corrected chi connectivity index (χ0v) is 15.1. The summed E-state index contributed by atoms with van der Waals surface area (Å²) in [5, 5.41) is 0. The molecule has 9 heteroatoms. The van der Waals surface area contributed by atoms with Crippen molar-refractivity contribution in [2.45, 2.75) is 44.9 Å². The fourth-order valence-corrected chi connectivity index (χ4v) is 2.42. The molecule has 1 heterocycles. The van der Waals surface area contributed by atoms with Crippen LogP contribution in [0.2, 0.25) is 0 Å². The second-order valence-corrected chi connectivity index (χ2v) is 6.04. The van der Waals surface area contributed by atoms with Crippen molar-refractivity contribution in [3.8, 4) is 11.4 Å². The Labute approximate surface area is 158 Å². The van der Waals surface area contributed by atoms with Crippen LogP contribution in [0.15, 0.2) is 36.5 Å². The first-order chi connectivity index (χ1) is 13.1. The van der Waals surface area contributed by atoms with Gasteiger partial charge in [-0.25, -0.2) is 9.97 Å². The van der Waals surface area contributed by atoms with Gasteiger partial charge in [0.2, 0.25) is 0 Å². The lowest BCUT2D eigenvalue weighted by Crippen LogP contribution is -2.25. The number of aromatic nitrogens is 2. The summed E-state index contributed by atoms with van der Waals surface area (Å²) >= 11 is 0. The molecule has 0 aliphatic carbocycles. The van der Waals surface area contributed by atoms with Crippen LogP contribution < -0.4 is 0 Å². The van der Waals surface area contributed by atoms with Crippen molar-refractivity contribution >= 4 is 5.78 Å². The van der Waals surface area contributed by atoms with Crippen LogP contribution in [-0.2, 0) is 10.8 Å². The van der Waals surface area contributed by atoms with Crippen LogP contribution in [-0.4, -0.2) is 28.5 Å². The molecule has 0 unspecified atom stereocenters. The Kier molecular flexibility index (Phi) is 7.17. The molecule has 0 bridgehead atoms. The van der Waals surface area contributed by atoms with Gasteiger partial charge in [-0.1, -0.05) is 37.3 Å². The van der Waals surface area contributed by atoms with E-state index >= 15 is 0 Å². The normalized spacial score (nSPS) is 12.2. The van der Waals surface area contributed by atoms with E-state index in [-0.39, 0.29) is 30.7 Å². The fraction of sp³-hybridized carbons (Fsp3) is 0.421. The average molecular weight is 402 g/mol. The van der Waals surface area contributed by atoms with Gasteiger partial charge in [0.05, 0.1) is 12.2 Å². The van der Waals surface area contributed by atoms with E-state index in [1.54, 1.807) is 30.3 Å². The standard InChI is InChI=1S/C19H19F5N2O2/c1-2-15(27)14-12-25-17(13-8-4-3-5-9-13)26-16(14)19(23,24)28-11-7-6-10-18(20,21)22/h3-5,8-9,12H,2,6-7,10-11H2,1H3. The molecule has 0 aliphatic heterocycles. The Balaban J connectivity index is 2.22. The topological polar surface area (TPSA) is 52.1 Å². The molecular formula is C19H19F5N2O2. The number of alkyl halides is 5. The highest BCUT2D eigenvalue weighted by atomic mass is 19.4. The molecule has 1 aromatic carbocycles. The third-order valence-corrected chi connectivity index (χ3v) is 3.86. The number of ketones is 1. The second-order valence-electron chi connectivity index (χ2n) is 6.04. The first-order valence-corrected chi connectivity index (χ1v) is 8.68. The van der Waals surface area contributed by atoms with Crippen molar-refractivity contribution in [1.82, 2.24) is 9.97 Å². The number of hydrogen-bond donors (Lipinski definition) is 0. The van der Waals surface area contributed by atoms with Gasteiger partial charge in [-0.2, -0.15) is 22.0 Å². The Hall–Kier alpha value is -2.42. The number of halogens is 5. The molecule has 0 radical (unpaired) electrons. The smallest absolute Gasteiger partial charge is 0.315 e. The van der Waals surface area contributed by atoms with E-state index in [1.807, 2.05) is 0 Å². The Bertz CT molecular complexity index is 795. The number of nitrogens with zero attached hydrogens (tertiary/aromatic N) is 2. The Morgan fingerprint density at radius 1 is 1.07 bits per heavy atom. The zero-order valence-electron chi connectivity index (χ0n) is 15.1. The van der Waals surface area contributed by atoms with E-state index in [2.05, 4.69) is 14.7 Å². The summed E-state index contributed by atoms with van der Waals surface area (Å²) in [5.74, 6) is -0.599. The minimum Gasteiger partial charge on any atom is -0.315 e. The molecule has 28 heavy (non-hydrogen) atoms. The molecular weight excluding hydrogens is 383 g/mol. The lowest BCUT2D eigenvalue weighted by Gasteiger charge is -2.19. The van der Waals surface area contributed by atoms with Crippen LogP contribution in [0.1, 0.15) is 48.7 Å². The highest BCUT2D eigenvalue weighted by molar-refractivity contribution is 5.96. The van der Waals surface area contributed by atoms with Gasteiger partial charge in [-0.05, 0) is 12.8 Å². The first kappa shape index (κ1) is 21.9. The molecule has 152 valence electrons. The number of hydrogen-bond acceptors (Lipinski definition) is 4. The van der Waals surface area contributed by atoms with Crippen molar-refractivity contribution < 1.29 is 31.5 Å². The predicted molar refractivity (Wildman–Crippen MR) is 91.8 cm³/mol. The van der Waals surface area contributed by atoms with Crippen molar-refractivity contribution in [3.05, 3.63) is 47.8 Å². The minimum absolute atomic E-state index is 0.0106. The van der Waals surface area contributed by atoms with Gasteiger partial charge in [0.15, 0.2) is 17.3 Å². The van der Waals surface area contributed by atoms with Crippen molar-refractivity contribution in [2.75, 3.05) is 6.61 Å². The molecule has 2 aromatic rings. The number of benzene rings is 1. The number of unbranched alkanes of at least 4 members (excludes halogenated alkanes) is 1. The zero-order chi connectivity index (χ0) is 20.8. The second kappa shape index (κ2) is 9.18. The summed E-state index contributed by atoms with van der Waals surface area (Å²) in [6.07, 6.45) is -8.92. The van der Waals surface area contributed by atoms with Crippen molar-refractivity contribution in [2.24, 2.45) is 0 Å². The molecule has 2 rings (SSSR count). The fourth-order valence-electron chi connectivity index (χ4n) is 2.42. The van der Waals surface area contributed by atoms with Gasteiger partial charge in [0.1, 0.15) is 0 Å². The van der Waals surface area contributed by atoms with E-state index in [9.17, 15) is 26.7 Å². The number of rotatable bonds is 9.